The van der Waals surface area contributed by atoms with Gasteiger partial charge in [-0.25, -0.2) is 0 Å². The van der Waals surface area contributed by atoms with Gasteiger partial charge < -0.3 is 9.90 Å². The number of aromatic nitrogens is 1. The van der Waals surface area contributed by atoms with E-state index in [1.54, 1.807) is 0 Å². The fraction of sp³-hybridized carbons (Fsp3) is 0.231. The minimum Gasteiger partial charge on any atom is -0.545 e. The standard InChI is InChI=1S/C13H10F2N2O3/c1-16-13(14,15)5-7-3-2-4-8-10(7)17(16)6-9(11(8)18)12(19)20/h2-4,6H,5H2,1H3,(H,19,20)/p-1. The molecule has 0 N–H and O–H groups in total. The van der Waals surface area contributed by atoms with Gasteiger partial charge in [-0.1, -0.05) is 12.1 Å². The van der Waals surface area contributed by atoms with Crippen LogP contribution in [0.3, 0.4) is 0 Å². The molecule has 7 heteroatoms. The van der Waals surface area contributed by atoms with Crippen LogP contribution in [-0.2, 0) is 6.42 Å². The fourth-order valence-corrected chi connectivity index (χ4v) is 2.46. The van der Waals surface area contributed by atoms with Crippen LogP contribution in [0.4, 0.5) is 8.78 Å². The predicted octanol–water partition coefficient (Wildman–Crippen LogP) is 0.0817. The lowest BCUT2D eigenvalue weighted by molar-refractivity contribution is -0.255. The molecule has 0 unspecified atom stereocenters. The average Bonchev–Trinajstić information content (AvgIpc) is 2.37. The normalized spacial score (nSPS) is 16.4. The van der Waals surface area contributed by atoms with Gasteiger partial charge in [0.1, 0.15) is 0 Å². The first-order chi connectivity index (χ1) is 9.33. The number of benzene rings is 1. The highest BCUT2D eigenvalue weighted by Crippen LogP contribution is 2.32. The molecule has 0 saturated heterocycles. The molecule has 0 fully saturated rings. The topological polar surface area (TPSA) is 65.4 Å². The number of rotatable bonds is 1. The predicted molar refractivity (Wildman–Crippen MR) is 65.3 cm³/mol. The van der Waals surface area contributed by atoms with Crippen molar-refractivity contribution in [3.63, 3.8) is 0 Å². The maximum Gasteiger partial charge on any atom is 0.342 e. The number of nitrogens with zero attached hydrogens (tertiary/aromatic N) is 2. The largest absolute Gasteiger partial charge is 0.545 e. The highest BCUT2D eigenvalue weighted by atomic mass is 19.3. The number of hydrogen-bond donors (Lipinski definition) is 0. The first-order valence-corrected chi connectivity index (χ1v) is 5.83. The summed E-state index contributed by atoms with van der Waals surface area (Å²) in [5, 5.41) is 11.7. The Balaban J connectivity index is 2.49. The van der Waals surface area contributed by atoms with Crippen LogP contribution in [0.1, 0.15) is 15.9 Å². The van der Waals surface area contributed by atoms with E-state index < -0.39 is 29.4 Å². The summed E-state index contributed by atoms with van der Waals surface area (Å²) < 4.78 is 28.8. The lowest BCUT2D eigenvalue weighted by atomic mass is 10.0. The molecule has 0 aliphatic carbocycles. The zero-order valence-electron chi connectivity index (χ0n) is 10.4. The minimum absolute atomic E-state index is 0.0894. The van der Waals surface area contributed by atoms with Crippen molar-refractivity contribution >= 4 is 16.9 Å². The number of pyridine rings is 1. The Bertz CT molecular complexity index is 798. The number of likely N-dealkylation sites (N-methyl/N-ethyl adjacent to an activating group) is 1. The van der Waals surface area contributed by atoms with Crippen LogP contribution in [0, 0.1) is 0 Å². The molecule has 0 bridgehead atoms. The molecule has 104 valence electrons. The summed E-state index contributed by atoms with van der Waals surface area (Å²) in [7, 11) is 1.14. The van der Waals surface area contributed by atoms with Crippen LogP contribution in [-0.4, -0.2) is 23.7 Å². The monoisotopic (exact) mass is 279 g/mol. The van der Waals surface area contributed by atoms with Crippen molar-refractivity contribution in [1.82, 2.24) is 4.68 Å². The van der Waals surface area contributed by atoms with Gasteiger partial charge in [-0.3, -0.25) is 14.5 Å². The lowest BCUT2D eigenvalue weighted by Crippen LogP contribution is -2.51. The second kappa shape index (κ2) is 3.78. The molecule has 0 atom stereocenters. The zero-order chi connectivity index (χ0) is 14.7. The van der Waals surface area contributed by atoms with Crippen molar-refractivity contribution in [2.75, 3.05) is 12.1 Å². The highest BCUT2D eigenvalue weighted by molar-refractivity contribution is 5.92. The van der Waals surface area contributed by atoms with Crippen LogP contribution < -0.4 is 15.5 Å². The van der Waals surface area contributed by atoms with Crippen LogP contribution in [0.15, 0.2) is 29.2 Å². The van der Waals surface area contributed by atoms with Crippen molar-refractivity contribution in [3.8, 4) is 0 Å². The van der Waals surface area contributed by atoms with Gasteiger partial charge >= 0.3 is 6.05 Å². The Morgan fingerprint density at radius 3 is 2.75 bits per heavy atom. The van der Waals surface area contributed by atoms with Gasteiger partial charge in [0.15, 0.2) is 5.43 Å². The summed E-state index contributed by atoms with van der Waals surface area (Å²) in [6.07, 6.45) is 0.349. The van der Waals surface area contributed by atoms with E-state index in [0.717, 1.165) is 17.9 Å². The maximum atomic E-state index is 13.9. The van der Waals surface area contributed by atoms with E-state index in [1.807, 2.05) is 0 Å². The molecule has 2 aromatic rings. The number of halogens is 2. The molecule has 1 aliphatic heterocycles. The van der Waals surface area contributed by atoms with Crippen molar-refractivity contribution in [2.45, 2.75) is 12.5 Å². The maximum absolute atomic E-state index is 13.9. The summed E-state index contributed by atoms with van der Waals surface area (Å²) in [5.41, 5.74) is -0.764. The summed E-state index contributed by atoms with van der Waals surface area (Å²) in [5.74, 6) is -1.69. The van der Waals surface area contributed by atoms with E-state index in [0.29, 0.717) is 16.1 Å². The zero-order valence-corrected chi connectivity index (χ0v) is 10.4. The van der Waals surface area contributed by atoms with Crippen LogP contribution in [0.5, 0.6) is 0 Å². The van der Waals surface area contributed by atoms with Crippen LogP contribution >= 0.6 is 0 Å². The lowest BCUT2D eigenvalue weighted by Gasteiger charge is -2.37. The molecule has 1 aliphatic rings. The van der Waals surface area contributed by atoms with Crippen molar-refractivity contribution in [2.24, 2.45) is 0 Å². The number of carbonyl (C=O) groups excluding carboxylic acids is 1. The van der Waals surface area contributed by atoms with E-state index in [4.69, 9.17) is 0 Å². The Morgan fingerprint density at radius 2 is 2.10 bits per heavy atom. The van der Waals surface area contributed by atoms with E-state index in [2.05, 4.69) is 0 Å². The molecule has 2 heterocycles. The number of hydrogen-bond acceptors (Lipinski definition) is 4. The van der Waals surface area contributed by atoms with Gasteiger partial charge in [-0.2, -0.15) is 8.78 Å². The average molecular weight is 279 g/mol. The number of carboxylic acids is 1. The molecule has 0 radical (unpaired) electrons. The number of alkyl halides is 2. The number of para-hydroxylation sites is 1. The van der Waals surface area contributed by atoms with Gasteiger partial charge in [0.05, 0.1) is 23.5 Å². The third-order valence-corrected chi connectivity index (χ3v) is 3.51. The molecule has 1 aromatic carbocycles. The van der Waals surface area contributed by atoms with Crippen molar-refractivity contribution in [3.05, 3.63) is 45.7 Å². The Hall–Kier alpha value is -2.44. The van der Waals surface area contributed by atoms with E-state index in [9.17, 15) is 23.5 Å². The van der Waals surface area contributed by atoms with E-state index in [-0.39, 0.29) is 5.39 Å². The Morgan fingerprint density at radius 1 is 1.40 bits per heavy atom. The molecule has 5 nitrogen and oxygen atoms in total. The highest BCUT2D eigenvalue weighted by Gasteiger charge is 2.40. The third-order valence-electron chi connectivity index (χ3n) is 3.51. The van der Waals surface area contributed by atoms with Crippen molar-refractivity contribution in [1.29, 1.82) is 0 Å². The smallest absolute Gasteiger partial charge is 0.342 e. The molecule has 20 heavy (non-hydrogen) atoms. The van der Waals surface area contributed by atoms with Gasteiger partial charge in [0, 0.05) is 18.6 Å². The summed E-state index contributed by atoms with van der Waals surface area (Å²) in [6, 6.07) is 1.21. The molecule has 1 aromatic heterocycles. The van der Waals surface area contributed by atoms with Crippen molar-refractivity contribution < 1.29 is 18.7 Å². The summed E-state index contributed by atoms with van der Waals surface area (Å²) >= 11 is 0. The first kappa shape index (κ1) is 12.6. The Kier molecular flexibility index (Phi) is 2.38. The second-order valence-corrected chi connectivity index (χ2v) is 4.68. The quantitative estimate of drug-likeness (QED) is 0.694. The van der Waals surface area contributed by atoms with Crippen LogP contribution in [0.2, 0.25) is 0 Å². The van der Waals surface area contributed by atoms with Crippen LogP contribution in [0.25, 0.3) is 10.9 Å². The molecule has 0 saturated carbocycles. The molecule has 0 amide bonds. The van der Waals surface area contributed by atoms with Gasteiger partial charge in [-0.05, 0) is 11.6 Å². The Labute approximate surface area is 111 Å². The molecular formula is C13H9F2N2O3-. The number of aromatic carboxylic acids is 1. The molecule has 0 spiro atoms. The summed E-state index contributed by atoms with van der Waals surface area (Å²) in [4.78, 5) is 23.0. The minimum atomic E-state index is -3.17. The molecular weight excluding hydrogens is 270 g/mol. The SMILES string of the molecule is CN1n2cc(C(=O)[O-])c(=O)c3cccc(c32)CC1(F)F. The van der Waals surface area contributed by atoms with Gasteiger partial charge in [0.25, 0.3) is 0 Å². The van der Waals surface area contributed by atoms with E-state index in [1.165, 1.54) is 18.2 Å². The first-order valence-electron chi connectivity index (χ1n) is 5.83. The number of carboxylic acid groups (broad SMARTS) is 1. The number of carbonyl (C=O) groups is 1. The fourth-order valence-electron chi connectivity index (χ4n) is 2.46. The third kappa shape index (κ3) is 1.52. The van der Waals surface area contributed by atoms with E-state index >= 15 is 0 Å². The summed E-state index contributed by atoms with van der Waals surface area (Å²) in [6.45, 7) is 0. The molecule has 3 rings (SSSR count). The van der Waals surface area contributed by atoms with Gasteiger partial charge in [-0.15, -0.1) is 0 Å². The van der Waals surface area contributed by atoms with Gasteiger partial charge in [0.2, 0.25) is 0 Å². The second-order valence-electron chi connectivity index (χ2n) is 4.68.